The van der Waals surface area contributed by atoms with Crippen LogP contribution in [0.4, 0.5) is 0 Å². The van der Waals surface area contributed by atoms with E-state index in [9.17, 15) is 10.2 Å². The van der Waals surface area contributed by atoms with Crippen LogP contribution in [0.3, 0.4) is 0 Å². The molecule has 2 unspecified atom stereocenters. The highest BCUT2D eigenvalue weighted by atomic mass is 16.3. The molecule has 0 aromatic carbocycles. The van der Waals surface area contributed by atoms with Gasteiger partial charge in [0.25, 0.3) is 0 Å². The SMILES string of the molecule is CC(C)C(O)C(O)C(C)C. The summed E-state index contributed by atoms with van der Waals surface area (Å²) in [5.74, 6) is 0.273. The van der Waals surface area contributed by atoms with Crippen LogP contribution in [0, 0.1) is 11.8 Å². The third-order valence-electron chi connectivity index (χ3n) is 1.72. The Kier molecular flexibility index (Phi) is 3.91. The Balaban J connectivity index is 3.81. The summed E-state index contributed by atoms with van der Waals surface area (Å²) >= 11 is 0. The third kappa shape index (κ3) is 2.67. The van der Waals surface area contributed by atoms with E-state index < -0.39 is 12.2 Å². The topological polar surface area (TPSA) is 40.5 Å². The van der Waals surface area contributed by atoms with Gasteiger partial charge in [0.05, 0.1) is 12.2 Å². The zero-order valence-electron chi connectivity index (χ0n) is 7.20. The molecule has 10 heavy (non-hydrogen) atoms. The molecule has 0 aliphatic heterocycles. The molecular weight excluding hydrogens is 128 g/mol. The number of aliphatic hydroxyl groups is 2. The van der Waals surface area contributed by atoms with Crippen molar-refractivity contribution >= 4 is 0 Å². The molecule has 0 saturated heterocycles. The maximum atomic E-state index is 9.32. The van der Waals surface area contributed by atoms with E-state index in [4.69, 9.17) is 0 Å². The van der Waals surface area contributed by atoms with Crippen LogP contribution in [0.1, 0.15) is 27.7 Å². The molecule has 0 spiro atoms. The van der Waals surface area contributed by atoms with Gasteiger partial charge in [0.2, 0.25) is 0 Å². The van der Waals surface area contributed by atoms with Crippen LogP contribution < -0.4 is 0 Å². The lowest BCUT2D eigenvalue weighted by atomic mass is 9.94. The highest BCUT2D eigenvalue weighted by Gasteiger charge is 2.21. The average molecular weight is 146 g/mol. The van der Waals surface area contributed by atoms with Crippen LogP contribution in [0.25, 0.3) is 0 Å². The van der Waals surface area contributed by atoms with Crippen molar-refractivity contribution in [2.24, 2.45) is 11.8 Å². The van der Waals surface area contributed by atoms with E-state index in [-0.39, 0.29) is 11.8 Å². The standard InChI is InChI=1S/C8H18O2/c1-5(2)7(9)8(10)6(3)4/h5-10H,1-4H3. The molecule has 0 radical (unpaired) electrons. The van der Waals surface area contributed by atoms with Crippen LogP contribution >= 0.6 is 0 Å². The van der Waals surface area contributed by atoms with Crippen LogP contribution in [0.15, 0.2) is 0 Å². The molecule has 2 nitrogen and oxygen atoms in total. The van der Waals surface area contributed by atoms with Crippen molar-refractivity contribution in [1.82, 2.24) is 0 Å². The van der Waals surface area contributed by atoms with E-state index >= 15 is 0 Å². The Hall–Kier alpha value is -0.0800. The van der Waals surface area contributed by atoms with Crippen molar-refractivity contribution < 1.29 is 10.2 Å². The fourth-order valence-electron chi connectivity index (χ4n) is 0.789. The predicted octanol–water partition coefficient (Wildman–Crippen LogP) is 1.02. The number of hydrogen-bond acceptors (Lipinski definition) is 2. The van der Waals surface area contributed by atoms with Gasteiger partial charge in [-0.25, -0.2) is 0 Å². The van der Waals surface area contributed by atoms with Gasteiger partial charge in [0.1, 0.15) is 0 Å². The molecule has 0 aliphatic carbocycles. The maximum absolute atomic E-state index is 9.32. The Labute approximate surface area is 62.9 Å². The van der Waals surface area contributed by atoms with Gasteiger partial charge in [-0.15, -0.1) is 0 Å². The summed E-state index contributed by atoms with van der Waals surface area (Å²) in [5.41, 5.74) is 0. The van der Waals surface area contributed by atoms with E-state index in [2.05, 4.69) is 0 Å². The molecule has 0 saturated carbocycles. The van der Waals surface area contributed by atoms with Gasteiger partial charge in [0.15, 0.2) is 0 Å². The zero-order valence-corrected chi connectivity index (χ0v) is 7.20. The summed E-state index contributed by atoms with van der Waals surface area (Å²) < 4.78 is 0. The fourth-order valence-corrected chi connectivity index (χ4v) is 0.789. The Bertz CT molecular complexity index is 77.3. The van der Waals surface area contributed by atoms with Crippen LogP contribution in [-0.4, -0.2) is 22.4 Å². The molecule has 0 aromatic rings. The molecule has 0 amide bonds. The van der Waals surface area contributed by atoms with Gasteiger partial charge < -0.3 is 10.2 Å². The summed E-state index contributed by atoms with van der Waals surface area (Å²) in [6, 6.07) is 0. The van der Waals surface area contributed by atoms with Crippen molar-refractivity contribution in [3.8, 4) is 0 Å². The minimum absolute atomic E-state index is 0.136. The molecule has 0 aromatic heterocycles. The Morgan fingerprint density at radius 2 is 0.900 bits per heavy atom. The largest absolute Gasteiger partial charge is 0.390 e. The highest BCUT2D eigenvalue weighted by molar-refractivity contribution is 4.72. The van der Waals surface area contributed by atoms with Crippen LogP contribution in [-0.2, 0) is 0 Å². The average Bonchev–Trinajstić information content (AvgIpc) is 1.84. The molecule has 0 bridgehead atoms. The van der Waals surface area contributed by atoms with E-state index in [0.29, 0.717) is 0 Å². The lowest BCUT2D eigenvalue weighted by Crippen LogP contribution is -2.34. The minimum atomic E-state index is -0.583. The van der Waals surface area contributed by atoms with Crippen LogP contribution in [0.5, 0.6) is 0 Å². The van der Waals surface area contributed by atoms with Crippen LogP contribution in [0.2, 0.25) is 0 Å². The second-order valence-electron chi connectivity index (χ2n) is 3.47. The van der Waals surface area contributed by atoms with Crippen molar-refractivity contribution in [2.75, 3.05) is 0 Å². The van der Waals surface area contributed by atoms with E-state index in [1.54, 1.807) is 0 Å². The van der Waals surface area contributed by atoms with Gasteiger partial charge in [-0.05, 0) is 11.8 Å². The van der Waals surface area contributed by atoms with Gasteiger partial charge in [0, 0.05) is 0 Å². The van der Waals surface area contributed by atoms with Gasteiger partial charge in [-0.1, -0.05) is 27.7 Å². The molecule has 0 aliphatic rings. The first-order valence-corrected chi connectivity index (χ1v) is 3.83. The highest BCUT2D eigenvalue weighted by Crippen LogP contribution is 2.12. The summed E-state index contributed by atoms with van der Waals surface area (Å²) in [6.07, 6.45) is -1.17. The van der Waals surface area contributed by atoms with Crippen molar-refractivity contribution in [2.45, 2.75) is 39.9 Å². The molecule has 0 rings (SSSR count). The summed E-state index contributed by atoms with van der Waals surface area (Å²) in [7, 11) is 0. The number of rotatable bonds is 3. The maximum Gasteiger partial charge on any atom is 0.0824 e. The Morgan fingerprint density at radius 3 is 1.00 bits per heavy atom. The molecule has 2 atom stereocenters. The van der Waals surface area contributed by atoms with Crippen molar-refractivity contribution in [3.63, 3.8) is 0 Å². The lowest BCUT2D eigenvalue weighted by molar-refractivity contribution is -0.0320. The zero-order chi connectivity index (χ0) is 8.31. The molecule has 62 valence electrons. The summed E-state index contributed by atoms with van der Waals surface area (Å²) in [5, 5.41) is 18.6. The van der Waals surface area contributed by atoms with Gasteiger partial charge >= 0.3 is 0 Å². The van der Waals surface area contributed by atoms with E-state index in [0.717, 1.165) is 0 Å². The summed E-state index contributed by atoms with van der Waals surface area (Å²) in [4.78, 5) is 0. The molecule has 0 fully saturated rings. The summed E-state index contributed by atoms with van der Waals surface area (Å²) in [6.45, 7) is 7.60. The van der Waals surface area contributed by atoms with Crippen molar-refractivity contribution in [3.05, 3.63) is 0 Å². The molecular formula is C8H18O2. The van der Waals surface area contributed by atoms with Gasteiger partial charge in [-0.3, -0.25) is 0 Å². The fraction of sp³-hybridized carbons (Fsp3) is 1.00. The second-order valence-corrected chi connectivity index (χ2v) is 3.47. The molecule has 0 heterocycles. The number of aliphatic hydroxyl groups excluding tert-OH is 2. The third-order valence-corrected chi connectivity index (χ3v) is 1.72. The van der Waals surface area contributed by atoms with E-state index in [1.807, 2.05) is 27.7 Å². The second kappa shape index (κ2) is 3.94. The first-order valence-electron chi connectivity index (χ1n) is 3.83. The predicted molar refractivity (Wildman–Crippen MR) is 41.7 cm³/mol. The lowest BCUT2D eigenvalue weighted by Gasteiger charge is -2.23. The molecule has 2 N–H and O–H groups in total. The quantitative estimate of drug-likeness (QED) is 0.624. The minimum Gasteiger partial charge on any atom is -0.390 e. The number of hydrogen-bond donors (Lipinski definition) is 2. The molecule has 2 heteroatoms. The van der Waals surface area contributed by atoms with Gasteiger partial charge in [-0.2, -0.15) is 0 Å². The normalized spacial score (nSPS) is 18.0. The Morgan fingerprint density at radius 1 is 0.700 bits per heavy atom. The first kappa shape index (κ1) is 9.92. The smallest absolute Gasteiger partial charge is 0.0824 e. The van der Waals surface area contributed by atoms with Crippen molar-refractivity contribution in [1.29, 1.82) is 0 Å². The monoisotopic (exact) mass is 146 g/mol. The first-order chi connectivity index (χ1) is 4.46. The van der Waals surface area contributed by atoms with E-state index in [1.165, 1.54) is 0 Å².